The van der Waals surface area contributed by atoms with Crippen LogP contribution >= 0.6 is 35.3 Å². The van der Waals surface area contributed by atoms with Gasteiger partial charge in [-0.15, -0.1) is 35.3 Å². The van der Waals surface area contributed by atoms with Crippen LogP contribution in [0.15, 0.2) is 17.1 Å². The molecule has 0 spiro atoms. The molecule has 0 radical (unpaired) electrons. The first-order valence-corrected chi connectivity index (χ1v) is 5.98. The third-order valence-electron chi connectivity index (χ3n) is 1.89. The molecule has 16 heavy (non-hydrogen) atoms. The van der Waals surface area contributed by atoms with Crippen molar-refractivity contribution in [3.05, 3.63) is 21.9 Å². The van der Waals surface area contributed by atoms with E-state index in [1.54, 1.807) is 11.3 Å². The van der Waals surface area contributed by atoms with Gasteiger partial charge in [-0.1, -0.05) is 13.8 Å². The van der Waals surface area contributed by atoms with Crippen LogP contribution in [0.1, 0.15) is 23.6 Å². The summed E-state index contributed by atoms with van der Waals surface area (Å²) in [6, 6.07) is 4.20. The quantitative estimate of drug-likeness (QED) is 0.497. The number of hydrogen-bond acceptors (Lipinski definition) is 2. The summed E-state index contributed by atoms with van der Waals surface area (Å²) in [6.45, 7) is 7.93. The van der Waals surface area contributed by atoms with Gasteiger partial charge in [0.25, 0.3) is 0 Å². The highest BCUT2D eigenvalue weighted by atomic mass is 127. The molecule has 3 nitrogen and oxygen atoms in total. The van der Waals surface area contributed by atoms with Gasteiger partial charge in [0, 0.05) is 16.3 Å². The Kier molecular flexibility index (Phi) is 7.74. The summed E-state index contributed by atoms with van der Waals surface area (Å²) in [4.78, 5) is 6.84. The maximum absolute atomic E-state index is 5.72. The lowest BCUT2D eigenvalue weighted by atomic mass is 10.2. The fourth-order valence-electron chi connectivity index (χ4n) is 1.10. The number of hydrogen-bond donors (Lipinski definition) is 2. The first kappa shape index (κ1) is 15.7. The Morgan fingerprint density at radius 2 is 2.19 bits per heavy atom. The standard InChI is InChI=1S/C11H19N3S.HI/c1-8(2)6-13-11(12)14-7-10-5-4-9(3)15-10;/h4-5,8H,6-7H2,1-3H3,(H3,12,13,14);1H. The van der Waals surface area contributed by atoms with Gasteiger partial charge in [0.15, 0.2) is 5.96 Å². The SMILES string of the molecule is Cc1ccc(CN=C(N)NCC(C)C)s1.I. The molecule has 92 valence electrons. The van der Waals surface area contributed by atoms with Crippen molar-refractivity contribution in [2.24, 2.45) is 16.6 Å². The smallest absolute Gasteiger partial charge is 0.188 e. The van der Waals surface area contributed by atoms with Crippen LogP contribution in [0, 0.1) is 12.8 Å². The summed E-state index contributed by atoms with van der Waals surface area (Å²) >= 11 is 1.76. The third kappa shape index (κ3) is 6.32. The van der Waals surface area contributed by atoms with Gasteiger partial charge in [-0.2, -0.15) is 0 Å². The number of nitrogens with two attached hydrogens (primary N) is 1. The van der Waals surface area contributed by atoms with Crippen molar-refractivity contribution >= 4 is 41.3 Å². The van der Waals surface area contributed by atoms with Crippen molar-refractivity contribution in [1.82, 2.24) is 5.32 Å². The molecule has 0 fully saturated rings. The van der Waals surface area contributed by atoms with E-state index in [-0.39, 0.29) is 24.0 Å². The van der Waals surface area contributed by atoms with Crippen LogP contribution in [0.2, 0.25) is 0 Å². The second-order valence-electron chi connectivity index (χ2n) is 3.99. The van der Waals surface area contributed by atoms with Gasteiger partial charge in [0.05, 0.1) is 6.54 Å². The van der Waals surface area contributed by atoms with E-state index < -0.39 is 0 Å². The molecule has 0 aromatic carbocycles. The van der Waals surface area contributed by atoms with Crippen molar-refractivity contribution in [3.63, 3.8) is 0 Å². The zero-order chi connectivity index (χ0) is 11.3. The number of halogens is 1. The fourth-order valence-corrected chi connectivity index (χ4v) is 1.91. The maximum atomic E-state index is 5.72. The third-order valence-corrected chi connectivity index (χ3v) is 2.88. The summed E-state index contributed by atoms with van der Waals surface area (Å²) in [5.74, 6) is 1.12. The number of nitrogens with zero attached hydrogens (tertiary/aromatic N) is 1. The molecule has 0 bridgehead atoms. The molecule has 1 heterocycles. The highest BCUT2D eigenvalue weighted by Crippen LogP contribution is 2.15. The van der Waals surface area contributed by atoms with Crippen molar-refractivity contribution in [2.45, 2.75) is 27.3 Å². The Bertz CT molecular complexity index is 334. The first-order chi connectivity index (χ1) is 7.08. The van der Waals surface area contributed by atoms with E-state index in [1.165, 1.54) is 9.75 Å². The van der Waals surface area contributed by atoms with Gasteiger partial charge in [-0.25, -0.2) is 4.99 Å². The van der Waals surface area contributed by atoms with Crippen LogP contribution in [0.5, 0.6) is 0 Å². The minimum absolute atomic E-state index is 0. The molecule has 0 saturated carbocycles. The highest BCUT2D eigenvalue weighted by molar-refractivity contribution is 14.0. The molecule has 1 aromatic heterocycles. The molecule has 1 rings (SSSR count). The van der Waals surface area contributed by atoms with Crippen LogP contribution in [0.4, 0.5) is 0 Å². The van der Waals surface area contributed by atoms with Gasteiger partial charge < -0.3 is 11.1 Å². The molecule has 0 atom stereocenters. The maximum Gasteiger partial charge on any atom is 0.188 e. The Labute approximate surface area is 119 Å². The number of guanidine groups is 1. The largest absolute Gasteiger partial charge is 0.370 e. The van der Waals surface area contributed by atoms with Gasteiger partial charge >= 0.3 is 0 Å². The Hall–Kier alpha value is -0.300. The Balaban J connectivity index is 0.00000225. The lowest BCUT2D eigenvalue weighted by Gasteiger charge is -2.07. The van der Waals surface area contributed by atoms with E-state index in [0.717, 1.165) is 6.54 Å². The summed E-state index contributed by atoms with van der Waals surface area (Å²) in [5.41, 5.74) is 5.72. The van der Waals surface area contributed by atoms with E-state index in [2.05, 4.69) is 43.2 Å². The van der Waals surface area contributed by atoms with Crippen LogP contribution in [0.3, 0.4) is 0 Å². The number of nitrogens with one attached hydrogen (secondary N) is 1. The summed E-state index contributed by atoms with van der Waals surface area (Å²) < 4.78 is 0. The normalized spacial score (nSPS) is 11.4. The van der Waals surface area contributed by atoms with Crippen molar-refractivity contribution in [2.75, 3.05) is 6.54 Å². The number of rotatable bonds is 4. The molecular weight excluding hydrogens is 333 g/mol. The molecular formula is C11H20IN3S. The van der Waals surface area contributed by atoms with Crippen LogP contribution in [0.25, 0.3) is 0 Å². The van der Waals surface area contributed by atoms with E-state index >= 15 is 0 Å². The molecule has 3 N–H and O–H groups in total. The first-order valence-electron chi connectivity index (χ1n) is 5.17. The molecule has 0 aliphatic rings. The molecule has 1 aromatic rings. The molecule has 0 aliphatic carbocycles. The minimum atomic E-state index is 0. The monoisotopic (exact) mass is 353 g/mol. The predicted molar refractivity (Wildman–Crippen MR) is 82.6 cm³/mol. The Morgan fingerprint density at radius 3 is 2.69 bits per heavy atom. The lowest BCUT2D eigenvalue weighted by Crippen LogP contribution is -2.34. The van der Waals surface area contributed by atoms with E-state index in [0.29, 0.717) is 18.4 Å². The number of thiophene rings is 1. The van der Waals surface area contributed by atoms with Crippen LogP contribution in [-0.4, -0.2) is 12.5 Å². The summed E-state index contributed by atoms with van der Waals surface area (Å²) in [5, 5.41) is 3.09. The van der Waals surface area contributed by atoms with Crippen LogP contribution in [-0.2, 0) is 6.54 Å². The molecule has 0 saturated heterocycles. The predicted octanol–water partition coefficient (Wildman–Crippen LogP) is 2.73. The van der Waals surface area contributed by atoms with Gasteiger partial charge in [0.1, 0.15) is 0 Å². The zero-order valence-corrected chi connectivity index (χ0v) is 13.1. The molecule has 5 heteroatoms. The van der Waals surface area contributed by atoms with Gasteiger partial charge in [0.2, 0.25) is 0 Å². The second kappa shape index (κ2) is 7.89. The number of aliphatic imine (C=N–C) groups is 1. The van der Waals surface area contributed by atoms with Gasteiger partial charge in [-0.05, 0) is 25.0 Å². The molecule has 0 aliphatic heterocycles. The highest BCUT2D eigenvalue weighted by Gasteiger charge is 1.97. The van der Waals surface area contributed by atoms with Crippen molar-refractivity contribution < 1.29 is 0 Å². The minimum Gasteiger partial charge on any atom is -0.370 e. The Morgan fingerprint density at radius 1 is 1.50 bits per heavy atom. The molecule has 0 unspecified atom stereocenters. The van der Waals surface area contributed by atoms with Crippen LogP contribution < -0.4 is 11.1 Å². The molecule has 0 amide bonds. The number of aryl methyl sites for hydroxylation is 1. The van der Waals surface area contributed by atoms with Crippen molar-refractivity contribution in [1.29, 1.82) is 0 Å². The van der Waals surface area contributed by atoms with Crippen molar-refractivity contribution in [3.8, 4) is 0 Å². The average Bonchev–Trinajstić information content (AvgIpc) is 2.58. The topological polar surface area (TPSA) is 50.4 Å². The van der Waals surface area contributed by atoms with E-state index in [1.807, 2.05) is 0 Å². The lowest BCUT2D eigenvalue weighted by molar-refractivity contribution is 0.622. The summed E-state index contributed by atoms with van der Waals surface area (Å²) in [7, 11) is 0. The van der Waals surface area contributed by atoms with E-state index in [9.17, 15) is 0 Å². The fraction of sp³-hybridized carbons (Fsp3) is 0.545. The average molecular weight is 353 g/mol. The van der Waals surface area contributed by atoms with E-state index in [4.69, 9.17) is 5.73 Å². The second-order valence-corrected chi connectivity index (χ2v) is 5.36. The summed E-state index contributed by atoms with van der Waals surface area (Å²) in [6.07, 6.45) is 0. The van der Waals surface area contributed by atoms with Gasteiger partial charge in [-0.3, -0.25) is 0 Å². The zero-order valence-electron chi connectivity index (χ0n) is 9.99.